The predicted molar refractivity (Wildman–Crippen MR) is 96.1 cm³/mol. The van der Waals surface area contributed by atoms with Gasteiger partial charge in [-0.3, -0.25) is 9.69 Å². The number of carbonyl (C=O) groups excluding carboxylic acids is 2. The zero-order valence-electron chi connectivity index (χ0n) is 15.0. The Hall–Kier alpha value is -2.30. The SMILES string of the molecule is CC(C)(C)OC(=O)N1CCCC=C1c1ccc2c(c1)C1(CC1)C(=O)N2. The molecule has 25 heavy (non-hydrogen) atoms. The van der Waals surface area contributed by atoms with Gasteiger partial charge in [0, 0.05) is 12.2 Å². The number of amides is 2. The van der Waals surface area contributed by atoms with Crippen molar-refractivity contribution < 1.29 is 14.3 Å². The molecule has 3 aliphatic rings. The first kappa shape index (κ1) is 16.2. The van der Waals surface area contributed by atoms with Gasteiger partial charge in [-0.2, -0.15) is 0 Å². The van der Waals surface area contributed by atoms with E-state index in [0.717, 1.165) is 48.2 Å². The van der Waals surface area contributed by atoms with Crippen LogP contribution < -0.4 is 5.32 Å². The average molecular weight is 340 g/mol. The smallest absolute Gasteiger partial charge is 0.414 e. The molecule has 0 unspecified atom stereocenters. The lowest BCUT2D eigenvalue weighted by Crippen LogP contribution is -2.37. The molecule has 2 aliphatic heterocycles. The third kappa shape index (κ3) is 2.71. The molecule has 5 heteroatoms. The van der Waals surface area contributed by atoms with Gasteiger partial charge in [-0.05, 0) is 69.7 Å². The van der Waals surface area contributed by atoms with E-state index < -0.39 is 5.60 Å². The number of hydrogen-bond donors (Lipinski definition) is 1. The van der Waals surface area contributed by atoms with Crippen molar-refractivity contribution in [3.63, 3.8) is 0 Å². The van der Waals surface area contributed by atoms with E-state index in [1.165, 1.54) is 0 Å². The fourth-order valence-corrected chi connectivity index (χ4v) is 3.69. The number of nitrogens with zero attached hydrogens (tertiary/aromatic N) is 1. The minimum Gasteiger partial charge on any atom is -0.443 e. The maximum absolute atomic E-state index is 12.6. The quantitative estimate of drug-likeness (QED) is 0.839. The summed E-state index contributed by atoms with van der Waals surface area (Å²) in [7, 11) is 0. The molecule has 0 aromatic heterocycles. The first-order chi connectivity index (χ1) is 11.8. The van der Waals surface area contributed by atoms with Gasteiger partial charge in [-0.1, -0.05) is 12.1 Å². The highest BCUT2D eigenvalue weighted by atomic mass is 16.6. The monoisotopic (exact) mass is 340 g/mol. The predicted octanol–water partition coefficient (Wildman–Crippen LogP) is 4.04. The highest BCUT2D eigenvalue weighted by Crippen LogP contribution is 2.55. The fraction of sp³-hybridized carbons (Fsp3) is 0.500. The second kappa shape index (κ2) is 5.35. The summed E-state index contributed by atoms with van der Waals surface area (Å²) in [6.45, 7) is 6.28. The molecular weight excluding hydrogens is 316 g/mol. The van der Waals surface area contributed by atoms with Gasteiger partial charge in [-0.25, -0.2) is 4.79 Å². The lowest BCUT2D eigenvalue weighted by molar-refractivity contribution is -0.117. The van der Waals surface area contributed by atoms with Crippen molar-refractivity contribution >= 4 is 23.4 Å². The summed E-state index contributed by atoms with van der Waals surface area (Å²) in [5.41, 5.74) is 3.01. The van der Waals surface area contributed by atoms with E-state index >= 15 is 0 Å². The number of nitrogens with one attached hydrogen (secondary N) is 1. The number of fused-ring (bicyclic) bond motifs is 2. The molecule has 1 aromatic carbocycles. The van der Waals surface area contributed by atoms with Crippen molar-refractivity contribution in [2.24, 2.45) is 0 Å². The van der Waals surface area contributed by atoms with Crippen LogP contribution in [0.2, 0.25) is 0 Å². The van der Waals surface area contributed by atoms with Crippen molar-refractivity contribution in [3.05, 3.63) is 35.4 Å². The molecule has 2 heterocycles. The van der Waals surface area contributed by atoms with Gasteiger partial charge in [0.2, 0.25) is 5.91 Å². The van der Waals surface area contributed by atoms with Gasteiger partial charge >= 0.3 is 6.09 Å². The Balaban J connectivity index is 1.67. The molecule has 1 N–H and O–H groups in total. The Bertz CT molecular complexity index is 785. The van der Waals surface area contributed by atoms with Crippen molar-refractivity contribution in [1.29, 1.82) is 0 Å². The minimum atomic E-state index is -0.522. The van der Waals surface area contributed by atoms with E-state index in [-0.39, 0.29) is 17.4 Å². The summed E-state index contributed by atoms with van der Waals surface area (Å²) in [5.74, 6) is 0.112. The Morgan fingerprint density at radius 2 is 2.04 bits per heavy atom. The molecule has 0 bridgehead atoms. The summed E-state index contributed by atoms with van der Waals surface area (Å²) in [6, 6.07) is 6.02. The number of ether oxygens (including phenoxy) is 1. The summed E-state index contributed by atoms with van der Waals surface area (Å²) in [5, 5.41) is 2.98. The normalized spacial score (nSPS) is 20.8. The summed E-state index contributed by atoms with van der Waals surface area (Å²) in [6.07, 6.45) is 5.47. The van der Waals surface area contributed by atoms with Crippen molar-refractivity contribution in [1.82, 2.24) is 4.90 Å². The molecular formula is C20H24N2O3. The van der Waals surface area contributed by atoms with Gasteiger partial charge in [0.1, 0.15) is 5.60 Å². The summed E-state index contributed by atoms with van der Waals surface area (Å²) < 4.78 is 5.57. The molecule has 1 spiro atoms. The zero-order chi connectivity index (χ0) is 17.8. The molecule has 5 nitrogen and oxygen atoms in total. The summed E-state index contributed by atoms with van der Waals surface area (Å²) >= 11 is 0. The van der Waals surface area contributed by atoms with Gasteiger partial charge in [0.25, 0.3) is 0 Å². The molecule has 2 amide bonds. The molecule has 0 atom stereocenters. The van der Waals surface area contributed by atoms with Crippen molar-refractivity contribution in [3.8, 4) is 0 Å². The Kier molecular flexibility index (Phi) is 3.46. The van der Waals surface area contributed by atoms with Crippen LogP contribution in [-0.2, 0) is 14.9 Å². The number of anilines is 1. The average Bonchev–Trinajstić information content (AvgIpc) is 3.30. The van der Waals surface area contributed by atoms with E-state index in [2.05, 4.69) is 17.5 Å². The number of benzene rings is 1. The van der Waals surface area contributed by atoms with E-state index in [1.54, 1.807) is 4.90 Å². The maximum Gasteiger partial charge on any atom is 0.414 e. The third-order valence-electron chi connectivity index (χ3n) is 5.09. The van der Waals surface area contributed by atoms with Crippen LogP contribution in [0.25, 0.3) is 5.70 Å². The van der Waals surface area contributed by atoms with Crippen LogP contribution in [0.15, 0.2) is 24.3 Å². The third-order valence-corrected chi connectivity index (χ3v) is 5.09. The molecule has 1 aromatic rings. The van der Waals surface area contributed by atoms with Crippen molar-refractivity contribution in [2.45, 2.75) is 57.5 Å². The van der Waals surface area contributed by atoms with Crippen molar-refractivity contribution in [2.75, 3.05) is 11.9 Å². The van der Waals surface area contributed by atoms with Crippen LogP contribution >= 0.6 is 0 Å². The Labute approximate surface area is 148 Å². The van der Waals surface area contributed by atoms with E-state index in [9.17, 15) is 9.59 Å². The fourth-order valence-electron chi connectivity index (χ4n) is 3.69. The highest BCUT2D eigenvalue weighted by Gasteiger charge is 2.56. The maximum atomic E-state index is 12.6. The molecule has 0 radical (unpaired) electrons. The molecule has 4 rings (SSSR count). The van der Waals surface area contributed by atoms with Crippen LogP contribution in [-0.4, -0.2) is 29.0 Å². The van der Waals surface area contributed by atoms with Crippen LogP contribution in [0.3, 0.4) is 0 Å². The minimum absolute atomic E-state index is 0.112. The van der Waals surface area contributed by atoms with Gasteiger partial charge in [0.05, 0.1) is 11.1 Å². The van der Waals surface area contributed by atoms with Crippen LogP contribution in [0.5, 0.6) is 0 Å². The summed E-state index contributed by atoms with van der Waals surface area (Å²) in [4.78, 5) is 26.6. The van der Waals surface area contributed by atoms with E-state index in [0.29, 0.717) is 6.54 Å². The van der Waals surface area contributed by atoms with Crippen LogP contribution in [0.1, 0.15) is 57.6 Å². The largest absolute Gasteiger partial charge is 0.443 e. The highest BCUT2D eigenvalue weighted by molar-refractivity contribution is 6.08. The second-order valence-corrected chi connectivity index (χ2v) is 8.16. The Morgan fingerprint density at radius 3 is 2.72 bits per heavy atom. The lowest BCUT2D eigenvalue weighted by Gasteiger charge is -2.31. The lowest BCUT2D eigenvalue weighted by atomic mass is 9.94. The van der Waals surface area contributed by atoms with Gasteiger partial charge < -0.3 is 10.1 Å². The standard InChI is InChI=1S/C20H24N2O3/c1-19(2,3)25-18(24)22-11-5-4-6-16(22)13-7-8-15-14(12-13)20(9-10-20)17(23)21-15/h6-8,12H,4-5,9-11H2,1-3H3,(H,21,23). The number of hydrogen-bond acceptors (Lipinski definition) is 3. The Morgan fingerprint density at radius 1 is 1.28 bits per heavy atom. The molecule has 132 valence electrons. The van der Waals surface area contributed by atoms with E-state index in [1.807, 2.05) is 32.9 Å². The first-order valence-electron chi connectivity index (χ1n) is 8.97. The first-order valence-corrected chi connectivity index (χ1v) is 8.97. The topological polar surface area (TPSA) is 58.6 Å². The molecule has 0 saturated heterocycles. The van der Waals surface area contributed by atoms with E-state index in [4.69, 9.17) is 4.74 Å². The zero-order valence-corrected chi connectivity index (χ0v) is 15.0. The molecule has 1 fully saturated rings. The number of rotatable bonds is 1. The molecule has 1 aliphatic carbocycles. The van der Waals surface area contributed by atoms with Gasteiger partial charge in [0.15, 0.2) is 0 Å². The second-order valence-electron chi connectivity index (χ2n) is 8.16. The molecule has 1 saturated carbocycles. The van der Waals surface area contributed by atoms with Gasteiger partial charge in [-0.15, -0.1) is 0 Å². The van der Waals surface area contributed by atoms with Crippen LogP contribution in [0, 0.1) is 0 Å². The number of allylic oxidation sites excluding steroid dienone is 1. The van der Waals surface area contributed by atoms with Crippen LogP contribution in [0.4, 0.5) is 10.5 Å². The number of carbonyl (C=O) groups is 2.